The topological polar surface area (TPSA) is 44.5 Å². The van der Waals surface area contributed by atoms with Crippen molar-refractivity contribution in [3.8, 4) is 23.0 Å². The summed E-state index contributed by atoms with van der Waals surface area (Å²) >= 11 is 0. The number of hydrogen-bond acceptors (Lipinski definition) is 3. The number of benzene rings is 2. The molecule has 2 N–H and O–H groups in total. The van der Waals surface area contributed by atoms with Crippen molar-refractivity contribution in [3.05, 3.63) is 42.0 Å². The minimum absolute atomic E-state index is 0.0361. The Morgan fingerprint density at radius 3 is 2.16 bits per heavy atom. The zero-order chi connectivity index (χ0) is 13.6. The molecule has 98 valence electrons. The highest BCUT2D eigenvalue weighted by molar-refractivity contribution is 5.67. The van der Waals surface area contributed by atoms with Crippen LogP contribution in [0.1, 0.15) is 5.56 Å². The summed E-state index contributed by atoms with van der Waals surface area (Å²) in [5.41, 5.74) is 4.61. The van der Waals surface area contributed by atoms with Crippen LogP contribution >= 0.6 is 0 Å². The lowest BCUT2D eigenvalue weighted by molar-refractivity contribution is -0.137. The van der Waals surface area contributed by atoms with Gasteiger partial charge in [0.15, 0.2) is 23.0 Å². The van der Waals surface area contributed by atoms with Crippen molar-refractivity contribution < 1.29 is 22.6 Å². The number of anilines is 1. The summed E-state index contributed by atoms with van der Waals surface area (Å²) < 4.78 is 48.9. The Morgan fingerprint density at radius 2 is 1.53 bits per heavy atom. The minimum atomic E-state index is -4.48. The van der Waals surface area contributed by atoms with E-state index in [1.54, 1.807) is 24.3 Å². The predicted octanol–water partition coefficient (Wildman–Crippen LogP) is 4.19. The van der Waals surface area contributed by atoms with Crippen LogP contribution in [0.5, 0.6) is 23.0 Å². The maximum Gasteiger partial charge on any atom is 0.416 e. The van der Waals surface area contributed by atoms with E-state index >= 15 is 0 Å². The molecule has 0 aliphatic carbocycles. The molecular weight excluding hydrogens is 259 g/mol. The van der Waals surface area contributed by atoms with E-state index in [1.807, 2.05) is 0 Å². The lowest BCUT2D eigenvalue weighted by atomic mass is 10.1. The van der Waals surface area contributed by atoms with Gasteiger partial charge in [0.05, 0.1) is 11.3 Å². The first-order chi connectivity index (χ1) is 8.95. The van der Waals surface area contributed by atoms with E-state index in [4.69, 9.17) is 15.2 Å². The third kappa shape index (κ3) is 1.95. The second-order valence-electron chi connectivity index (χ2n) is 4.04. The molecule has 2 aromatic rings. The van der Waals surface area contributed by atoms with Gasteiger partial charge in [-0.2, -0.15) is 13.2 Å². The van der Waals surface area contributed by atoms with Crippen molar-refractivity contribution in [3.63, 3.8) is 0 Å². The van der Waals surface area contributed by atoms with Gasteiger partial charge in [0.25, 0.3) is 0 Å². The highest BCUT2D eigenvalue weighted by atomic mass is 19.4. The number of ether oxygens (including phenoxy) is 2. The molecule has 2 aromatic carbocycles. The normalized spacial score (nSPS) is 13.0. The van der Waals surface area contributed by atoms with E-state index in [9.17, 15) is 13.2 Å². The Labute approximate surface area is 106 Å². The standard InChI is InChI=1S/C13H8F3NO2/c14-13(15,16)7-5-8(17)12-11(6-7)18-9-3-1-2-4-10(9)19-12/h1-6H,17H2. The van der Waals surface area contributed by atoms with Gasteiger partial charge in [-0.25, -0.2) is 0 Å². The lowest BCUT2D eigenvalue weighted by Crippen LogP contribution is -2.09. The average molecular weight is 267 g/mol. The molecule has 0 radical (unpaired) electrons. The van der Waals surface area contributed by atoms with Crippen LogP contribution in [0.4, 0.5) is 18.9 Å². The maximum absolute atomic E-state index is 12.7. The first kappa shape index (κ1) is 11.7. The molecule has 0 atom stereocenters. The van der Waals surface area contributed by atoms with Crippen molar-refractivity contribution in [1.82, 2.24) is 0 Å². The molecule has 0 unspecified atom stereocenters. The van der Waals surface area contributed by atoms with Crippen LogP contribution in [-0.2, 0) is 6.18 Å². The van der Waals surface area contributed by atoms with E-state index in [0.717, 1.165) is 12.1 Å². The third-order valence-corrected chi connectivity index (χ3v) is 2.69. The Morgan fingerprint density at radius 1 is 0.895 bits per heavy atom. The summed E-state index contributed by atoms with van der Waals surface area (Å²) in [5, 5.41) is 0. The van der Waals surface area contributed by atoms with Gasteiger partial charge in [-0.15, -0.1) is 0 Å². The van der Waals surface area contributed by atoms with Crippen LogP contribution < -0.4 is 15.2 Å². The van der Waals surface area contributed by atoms with Gasteiger partial charge in [-0.05, 0) is 24.3 Å². The number of nitrogen functional groups attached to an aromatic ring is 1. The molecule has 1 aliphatic heterocycles. The van der Waals surface area contributed by atoms with E-state index in [2.05, 4.69) is 0 Å². The van der Waals surface area contributed by atoms with Gasteiger partial charge in [0, 0.05) is 0 Å². The predicted molar refractivity (Wildman–Crippen MR) is 62.4 cm³/mol. The van der Waals surface area contributed by atoms with E-state index < -0.39 is 11.7 Å². The van der Waals surface area contributed by atoms with Gasteiger partial charge in [0.2, 0.25) is 0 Å². The van der Waals surface area contributed by atoms with Crippen molar-refractivity contribution in [2.24, 2.45) is 0 Å². The van der Waals surface area contributed by atoms with Gasteiger partial charge in [-0.3, -0.25) is 0 Å². The molecule has 0 saturated heterocycles. The van der Waals surface area contributed by atoms with E-state index in [0.29, 0.717) is 11.5 Å². The Balaban J connectivity index is 2.11. The smallest absolute Gasteiger partial charge is 0.416 e. The number of para-hydroxylation sites is 2. The van der Waals surface area contributed by atoms with E-state index in [-0.39, 0.29) is 17.2 Å². The Kier molecular flexibility index (Phi) is 2.35. The molecule has 3 nitrogen and oxygen atoms in total. The fourth-order valence-corrected chi connectivity index (χ4v) is 1.82. The molecule has 0 spiro atoms. The lowest BCUT2D eigenvalue weighted by Gasteiger charge is -2.22. The van der Waals surface area contributed by atoms with Gasteiger partial charge in [0.1, 0.15) is 0 Å². The Bertz CT molecular complexity index is 653. The molecule has 0 saturated carbocycles. The fraction of sp³-hybridized carbons (Fsp3) is 0.0769. The zero-order valence-electron chi connectivity index (χ0n) is 9.49. The molecule has 1 aliphatic rings. The molecule has 1 heterocycles. The quantitative estimate of drug-likeness (QED) is 0.621. The largest absolute Gasteiger partial charge is 0.449 e. The SMILES string of the molecule is Nc1cc(C(F)(F)F)cc2c1Oc1ccccc1O2. The molecule has 0 aromatic heterocycles. The van der Waals surface area contributed by atoms with Crippen molar-refractivity contribution in [2.75, 3.05) is 5.73 Å². The van der Waals surface area contributed by atoms with E-state index in [1.165, 1.54) is 0 Å². The van der Waals surface area contributed by atoms with Gasteiger partial charge < -0.3 is 15.2 Å². The first-order valence-electron chi connectivity index (χ1n) is 5.40. The maximum atomic E-state index is 12.7. The molecule has 19 heavy (non-hydrogen) atoms. The van der Waals surface area contributed by atoms with Crippen molar-refractivity contribution in [2.45, 2.75) is 6.18 Å². The van der Waals surface area contributed by atoms with Crippen molar-refractivity contribution in [1.29, 1.82) is 0 Å². The van der Waals surface area contributed by atoms with Crippen molar-refractivity contribution >= 4 is 5.69 Å². The number of alkyl halides is 3. The third-order valence-electron chi connectivity index (χ3n) is 2.69. The summed E-state index contributed by atoms with van der Waals surface area (Å²) in [6.45, 7) is 0. The first-order valence-corrected chi connectivity index (χ1v) is 5.40. The molecule has 3 rings (SSSR count). The second-order valence-corrected chi connectivity index (χ2v) is 4.04. The number of hydrogen-bond donors (Lipinski definition) is 1. The summed E-state index contributed by atoms with van der Waals surface area (Å²) in [7, 11) is 0. The number of nitrogens with two attached hydrogens (primary N) is 1. The monoisotopic (exact) mass is 267 g/mol. The van der Waals surface area contributed by atoms with Crippen LogP contribution in [0.15, 0.2) is 36.4 Å². The number of halogens is 3. The minimum Gasteiger partial charge on any atom is -0.449 e. The molecule has 0 fully saturated rings. The fourth-order valence-electron chi connectivity index (χ4n) is 1.82. The number of rotatable bonds is 0. The summed E-state index contributed by atoms with van der Waals surface area (Å²) in [5.74, 6) is 0.841. The van der Waals surface area contributed by atoms with Gasteiger partial charge >= 0.3 is 6.18 Å². The van der Waals surface area contributed by atoms with Crippen LogP contribution in [-0.4, -0.2) is 0 Å². The second kappa shape index (κ2) is 3.81. The number of fused-ring (bicyclic) bond motifs is 2. The highest BCUT2D eigenvalue weighted by Gasteiger charge is 2.34. The molecular formula is C13H8F3NO2. The highest BCUT2D eigenvalue weighted by Crippen LogP contribution is 2.49. The molecule has 0 bridgehead atoms. The summed E-state index contributed by atoms with van der Waals surface area (Å²) in [6, 6.07) is 8.39. The molecule has 6 heteroatoms. The summed E-state index contributed by atoms with van der Waals surface area (Å²) in [4.78, 5) is 0. The van der Waals surface area contributed by atoms with Crippen LogP contribution in [0.2, 0.25) is 0 Å². The van der Waals surface area contributed by atoms with Crippen LogP contribution in [0.3, 0.4) is 0 Å². The average Bonchev–Trinajstić information content (AvgIpc) is 2.35. The molecule has 0 amide bonds. The van der Waals surface area contributed by atoms with Crippen LogP contribution in [0, 0.1) is 0 Å². The van der Waals surface area contributed by atoms with Crippen LogP contribution in [0.25, 0.3) is 0 Å². The Hall–Kier alpha value is -2.37. The van der Waals surface area contributed by atoms with Gasteiger partial charge in [-0.1, -0.05) is 12.1 Å². The zero-order valence-corrected chi connectivity index (χ0v) is 9.49. The summed E-state index contributed by atoms with van der Waals surface area (Å²) in [6.07, 6.45) is -4.48.